The molecule has 1 N–H and O–H groups in total. The minimum absolute atomic E-state index is 0.259. The molecule has 0 aliphatic rings. The van der Waals surface area contributed by atoms with Crippen molar-refractivity contribution in [2.24, 2.45) is 0 Å². The maximum Gasteiger partial charge on any atom is 0.341 e. The average molecular weight is 438 g/mol. The van der Waals surface area contributed by atoms with E-state index in [1.165, 1.54) is 11.3 Å². The molecule has 1 heterocycles. The van der Waals surface area contributed by atoms with Gasteiger partial charge in [0, 0.05) is 16.5 Å². The van der Waals surface area contributed by atoms with Gasteiger partial charge in [-0.2, -0.15) is 0 Å². The number of anilines is 1. The van der Waals surface area contributed by atoms with Crippen molar-refractivity contribution in [1.29, 1.82) is 0 Å². The van der Waals surface area contributed by atoms with E-state index < -0.39 is 5.97 Å². The molecule has 162 valence electrons. The minimum atomic E-state index is -0.450. The van der Waals surface area contributed by atoms with Gasteiger partial charge in [-0.25, -0.2) is 4.79 Å². The molecule has 0 atom stereocenters. The maximum atomic E-state index is 12.8. The van der Waals surface area contributed by atoms with Gasteiger partial charge in [-0.15, -0.1) is 11.3 Å². The topological polar surface area (TPSA) is 64.6 Å². The van der Waals surface area contributed by atoms with Gasteiger partial charge in [-0.05, 0) is 50.1 Å². The molecule has 6 heteroatoms. The van der Waals surface area contributed by atoms with Gasteiger partial charge in [0.2, 0.25) is 0 Å². The third-order valence-corrected chi connectivity index (χ3v) is 5.64. The van der Waals surface area contributed by atoms with E-state index in [4.69, 9.17) is 9.47 Å². The van der Waals surface area contributed by atoms with Crippen LogP contribution in [0.4, 0.5) is 5.00 Å². The number of ether oxygens (including phenoxy) is 2. The van der Waals surface area contributed by atoms with E-state index >= 15 is 0 Å². The van der Waals surface area contributed by atoms with Crippen LogP contribution in [0.2, 0.25) is 0 Å². The van der Waals surface area contributed by atoms with Gasteiger partial charge in [0.25, 0.3) is 5.91 Å². The number of hydrogen-bond donors (Lipinski definition) is 1. The first-order chi connectivity index (χ1) is 15.0. The number of carbonyl (C=O) groups excluding carboxylic acids is 2. The standard InChI is InChI=1S/C25H27NO4S/c1-4-6-15-30-20-13-11-19(12-14-20)23(27)26-24-22(25(28)29-5-2)21(16-31-24)18-9-7-17(3)8-10-18/h7-14,16H,4-6,15H2,1-3H3,(H,26,27). The van der Waals surface area contributed by atoms with E-state index in [1.54, 1.807) is 31.2 Å². The lowest BCUT2D eigenvalue weighted by molar-refractivity contribution is 0.0529. The molecule has 3 aromatic rings. The number of unbranched alkanes of at least 4 members (excludes halogenated alkanes) is 1. The number of aryl methyl sites for hydroxylation is 1. The summed E-state index contributed by atoms with van der Waals surface area (Å²) in [5.41, 5.74) is 3.65. The number of thiophene rings is 1. The van der Waals surface area contributed by atoms with Gasteiger partial charge in [0.15, 0.2) is 0 Å². The number of nitrogens with one attached hydrogen (secondary N) is 1. The fourth-order valence-electron chi connectivity index (χ4n) is 3.01. The summed E-state index contributed by atoms with van der Waals surface area (Å²) in [6.07, 6.45) is 2.05. The second-order valence-corrected chi connectivity index (χ2v) is 8.00. The fraction of sp³-hybridized carbons (Fsp3) is 0.280. The molecular formula is C25H27NO4S. The predicted molar refractivity (Wildman–Crippen MR) is 125 cm³/mol. The first kappa shape index (κ1) is 22.6. The zero-order chi connectivity index (χ0) is 22.2. The molecule has 0 aliphatic carbocycles. The van der Waals surface area contributed by atoms with Crippen LogP contribution in [-0.4, -0.2) is 25.1 Å². The number of amides is 1. The SMILES string of the molecule is CCCCOc1ccc(C(=O)Nc2scc(-c3ccc(C)cc3)c2C(=O)OCC)cc1. The monoisotopic (exact) mass is 437 g/mol. The normalized spacial score (nSPS) is 10.5. The Morgan fingerprint density at radius 2 is 1.71 bits per heavy atom. The van der Waals surface area contributed by atoms with Crippen LogP contribution in [0.1, 0.15) is 53.0 Å². The van der Waals surface area contributed by atoms with Crippen LogP contribution in [-0.2, 0) is 4.74 Å². The third kappa shape index (κ3) is 5.73. The lowest BCUT2D eigenvalue weighted by atomic mass is 10.0. The van der Waals surface area contributed by atoms with Crippen molar-refractivity contribution in [1.82, 2.24) is 0 Å². The van der Waals surface area contributed by atoms with E-state index in [2.05, 4.69) is 12.2 Å². The van der Waals surface area contributed by atoms with Crippen molar-refractivity contribution in [3.05, 3.63) is 70.6 Å². The van der Waals surface area contributed by atoms with E-state index in [-0.39, 0.29) is 12.5 Å². The molecule has 5 nitrogen and oxygen atoms in total. The van der Waals surface area contributed by atoms with E-state index in [1.807, 2.05) is 36.6 Å². The molecule has 1 aromatic heterocycles. The number of rotatable bonds is 9. The van der Waals surface area contributed by atoms with Gasteiger partial charge in [-0.1, -0.05) is 43.2 Å². The first-order valence-electron chi connectivity index (χ1n) is 10.4. The summed E-state index contributed by atoms with van der Waals surface area (Å²) in [5.74, 6) is -0.00717. The summed E-state index contributed by atoms with van der Waals surface area (Å²) in [6, 6.07) is 14.9. The predicted octanol–water partition coefficient (Wildman–Crippen LogP) is 6.33. The molecule has 31 heavy (non-hydrogen) atoms. The Balaban J connectivity index is 1.82. The molecule has 0 unspecified atom stereocenters. The number of carbonyl (C=O) groups is 2. The van der Waals surface area contributed by atoms with Gasteiger partial charge >= 0.3 is 5.97 Å². The largest absolute Gasteiger partial charge is 0.494 e. The molecule has 0 radical (unpaired) electrons. The molecule has 1 amide bonds. The van der Waals surface area contributed by atoms with Crippen molar-refractivity contribution < 1.29 is 19.1 Å². The quantitative estimate of drug-likeness (QED) is 0.314. The van der Waals surface area contributed by atoms with Gasteiger partial charge in [-0.3, -0.25) is 4.79 Å². The van der Waals surface area contributed by atoms with Crippen LogP contribution < -0.4 is 10.1 Å². The number of benzene rings is 2. The highest BCUT2D eigenvalue weighted by atomic mass is 32.1. The van der Waals surface area contributed by atoms with Crippen LogP contribution in [0, 0.1) is 6.92 Å². The zero-order valence-electron chi connectivity index (χ0n) is 18.1. The van der Waals surface area contributed by atoms with E-state index in [9.17, 15) is 9.59 Å². The Morgan fingerprint density at radius 3 is 2.35 bits per heavy atom. The van der Waals surface area contributed by atoms with Crippen molar-refractivity contribution >= 4 is 28.2 Å². The second kappa shape index (κ2) is 10.8. The molecule has 0 fully saturated rings. The minimum Gasteiger partial charge on any atom is -0.494 e. The Kier molecular flexibility index (Phi) is 7.84. The Labute approximate surface area is 187 Å². The maximum absolute atomic E-state index is 12.8. The lowest BCUT2D eigenvalue weighted by Crippen LogP contribution is -2.14. The average Bonchev–Trinajstić information content (AvgIpc) is 3.18. The van der Waals surface area contributed by atoms with E-state index in [0.29, 0.717) is 22.7 Å². The highest BCUT2D eigenvalue weighted by Gasteiger charge is 2.23. The van der Waals surface area contributed by atoms with Crippen molar-refractivity contribution in [2.75, 3.05) is 18.5 Å². The summed E-state index contributed by atoms with van der Waals surface area (Å²) in [5, 5.41) is 5.22. The molecule has 0 aliphatic heterocycles. The molecule has 0 spiro atoms. The van der Waals surface area contributed by atoms with Gasteiger partial charge in [0.05, 0.1) is 13.2 Å². The highest BCUT2D eigenvalue weighted by molar-refractivity contribution is 7.15. The zero-order valence-corrected chi connectivity index (χ0v) is 18.9. The van der Waals surface area contributed by atoms with Crippen LogP contribution in [0.15, 0.2) is 53.9 Å². The lowest BCUT2D eigenvalue weighted by Gasteiger charge is -2.10. The van der Waals surface area contributed by atoms with Crippen molar-refractivity contribution in [2.45, 2.75) is 33.6 Å². The third-order valence-electron chi connectivity index (χ3n) is 4.74. The second-order valence-electron chi connectivity index (χ2n) is 7.12. The van der Waals surface area contributed by atoms with Crippen molar-refractivity contribution in [3.63, 3.8) is 0 Å². The molecular weight excluding hydrogens is 410 g/mol. The Hall–Kier alpha value is -3.12. The summed E-state index contributed by atoms with van der Waals surface area (Å²) in [7, 11) is 0. The summed E-state index contributed by atoms with van der Waals surface area (Å²) >= 11 is 1.31. The smallest absolute Gasteiger partial charge is 0.341 e. The van der Waals surface area contributed by atoms with Crippen LogP contribution >= 0.6 is 11.3 Å². The Bertz CT molecular complexity index is 1020. The van der Waals surface area contributed by atoms with Crippen LogP contribution in [0.5, 0.6) is 5.75 Å². The number of hydrogen-bond acceptors (Lipinski definition) is 5. The van der Waals surface area contributed by atoms with Crippen molar-refractivity contribution in [3.8, 4) is 16.9 Å². The molecule has 0 bridgehead atoms. The fourth-order valence-corrected chi connectivity index (χ4v) is 3.97. The Morgan fingerprint density at radius 1 is 1.00 bits per heavy atom. The molecule has 2 aromatic carbocycles. The highest BCUT2D eigenvalue weighted by Crippen LogP contribution is 2.36. The van der Waals surface area contributed by atoms with Gasteiger partial charge in [0.1, 0.15) is 16.3 Å². The first-order valence-corrected chi connectivity index (χ1v) is 11.3. The molecule has 0 saturated heterocycles. The molecule has 0 saturated carbocycles. The summed E-state index contributed by atoms with van der Waals surface area (Å²) in [4.78, 5) is 25.5. The van der Waals surface area contributed by atoms with Crippen LogP contribution in [0.3, 0.4) is 0 Å². The van der Waals surface area contributed by atoms with E-state index in [0.717, 1.165) is 35.3 Å². The van der Waals surface area contributed by atoms with Crippen LogP contribution in [0.25, 0.3) is 11.1 Å². The summed E-state index contributed by atoms with van der Waals surface area (Å²) < 4.78 is 10.9. The van der Waals surface area contributed by atoms with Gasteiger partial charge < -0.3 is 14.8 Å². The summed E-state index contributed by atoms with van der Waals surface area (Å²) in [6.45, 7) is 6.79. The molecule has 3 rings (SSSR count). The number of esters is 1.